The lowest BCUT2D eigenvalue weighted by Crippen LogP contribution is -2.39. The highest BCUT2D eigenvalue weighted by Crippen LogP contribution is 2.30. The molecule has 0 aromatic heterocycles. The standard InChI is InChI=1S/C18H26N2O.ClH/c19-16-10-3-1-9-15(16)13-18(21)20-12-6-5-8-14-7-2-4-11-17(14)20;/h2,4,7,11,15-16H,1,3,5-6,8-10,12-13,19H2;1H. The van der Waals surface area contributed by atoms with E-state index in [0.29, 0.717) is 12.3 Å². The molecule has 0 saturated heterocycles. The highest BCUT2D eigenvalue weighted by molar-refractivity contribution is 5.94. The number of anilines is 1. The molecule has 4 heteroatoms. The summed E-state index contributed by atoms with van der Waals surface area (Å²) in [6, 6.07) is 8.58. The summed E-state index contributed by atoms with van der Waals surface area (Å²) >= 11 is 0. The van der Waals surface area contributed by atoms with Crippen molar-refractivity contribution >= 4 is 24.0 Å². The van der Waals surface area contributed by atoms with Gasteiger partial charge in [-0.15, -0.1) is 12.4 Å². The van der Waals surface area contributed by atoms with Gasteiger partial charge in [0.05, 0.1) is 0 Å². The molecule has 2 aliphatic rings. The van der Waals surface area contributed by atoms with E-state index < -0.39 is 0 Å². The van der Waals surface area contributed by atoms with Gasteiger partial charge in [-0.3, -0.25) is 4.79 Å². The number of fused-ring (bicyclic) bond motifs is 1. The van der Waals surface area contributed by atoms with Crippen molar-refractivity contribution in [2.45, 2.75) is 57.4 Å². The summed E-state index contributed by atoms with van der Waals surface area (Å²) < 4.78 is 0. The molecule has 1 heterocycles. The Balaban J connectivity index is 0.00000176. The molecule has 1 aliphatic heterocycles. The Hall–Kier alpha value is -1.06. The van der Waals surface area contributed by atoms with Gasteiger partial charge in [0.25, 0.3) is 0 Å². The van der Waals surface area contributed by atoms with Crippen LogP contribution in [0.5, 0.6) is 0 Å². The number of aryl methyl sites for hydroxylation is 1. The number of hydrogen-bond donors (Lipinski definition) is 1. The fourth-order valence-corrected chi connectivity index (χ4v) is 3.77. The molecule has 122 valence electrons. The van der Waals surface area contributed by atoms with E-state index >= 15 is 0 Å². The summed E-state index contributed by atoms with van der Waals surface area (Å²) in [4.78, 5) is 14.8. The molecule has 1 saturated carbocycles. The maximum Gasteiger partial charge on any atom is 0.227 e. The summed E-state index contributed by atoms with van der Waals surface area (Å²) in [5.41, 5.74) is 8.66. The Kier molecular flexibility index (Phi) is 6.27. The summed E-state index contributed by atoms with van der Waals surface area (Å²) in [7, 11) is 0. The van der Waals surface area contributed by atoms with Crippen LogP contribution in [-0.4, -0.2) is 18.5 Å². The number of carbonyl (C=O) groups excluding carboxylic acids is 1. The average molecular weight is 323 g/mol. The summed E-state index contributed by atoms with van der Waals surface area (Å²) in [6.45, 7) is 0.859. The topological polar surface area (TPSA) is 46.3 Å². The Morgan fingerprint density at radius 1 is 1.14 bits per heavy atom. The molecule has 2 N–H and O–H groups in total. The van der Waals surface area contributed by atoms with Crippen molar-refractivity contribution in [3.05, 3.63) is 29.8 Å². The largest absolute Gasteiger partial charge is 0.327 e. The number of nitrogens with zero attached hydrogens (tertiary/aromatic N) is 1. The van der Waals surface area contributed by atoms with Gasteiger partial charge in [0.1, 0.15) is 0 Å². The van der Waals surface area contributed by atoms with Crippen molar-refractivity contribution in [1.82, 2.24) is 0 Å². The number of carbonyl (C=O) groups is 1. The summed E-state index contributed by atoms with van der Waals surface area (Å²) in [6.07, 6.45) is 8.61. The van der Waals surface area contributed by atoms with Crippen molar-refractivity contribution in [2.75, 3.05) is 11.4 Å². The maximum absolute atomic E-state index is 12.8. The molecule has 22 heavy (non-hydrogen) atoms. The highest BCUT2D eigenvalue weighted by atomic mass is 35.5. The SMILES string of the molecule is Cl.NC1CCCCC1CC(=O)N1CCCCc2ccccc21. The zero-order valence-electron chi connectivity index (χ0n) is 13.2. The van der Waals surface area contributed by atoms with Crippen LogP contribution in [0.3, 0.4) is 0 Å². The van der Waals surface area contributed by atoms with Gasteiger partial charge in [0.15, 0.2) is 0 Å². The van der Waals surface area contributed by atoms with Gasteiger partial charge in [-0.05, 0) is 49.7 Å². The zero-order chi connectivity index (χ0) is 14.7. The van der Waals surface area contributed by atoms with Gasteiger partial charge in [-0.2, -0.15) is 0 Å². The van der Waals surface area contributed by atoms with E-state index in [1.54, 1.807) is 0 Å². The quantitative estimate of drug-likeness (QED) is 0.902. The van der Waals surface area contributed by atoms with Crippen LogP contribution in [0.1, 0.15) is 50.5 Å². The number of benzene rings is 1. The van der Waals surface area contributed by atoms with E-state index in [1.807, 2.05) is 11.0 Å². The molecule has 1 amide bonds. The van der Waals surface area contributed by atoms with Gasteiger partial charge in [-0.1, -0.05) is 31.0 Å². The zero-order valence-corrected chi connectivity index (χ0v) is 14.0. The van der Waals surface area contributed by atoms with E-state index in [9.17, 15) is 4.79 Å². The van der Waals surface area contributed by atoms with Gasteiger partial charge in [0, 0.05) is 24.7 Å². The summed E-state index contributed by atoms with van der Waals surface area (Å²) in [5, 5.41) is 0. The molecule has 0 bridgehead atoms. The van der Waals surface area contributed by atoms with Crippen molar-refractivity contribution in [3.63, 3.8) is 0 Å². The monoisotopic (exact) mass is 322 g/mol. The fraction of sp³-hybridized carbons (Fsp3) is 0.611. The molecule has 1 aromatic rings. The van der Waals surface area contributed by atoms with Crippen LogP contribution in [-0.2, 0) is 11.2 Å². The summed E-state index contributed by atoms with van der Waals surface area (Å²) in [5.74, 6) is 0.647. The lowest BCUT2D eigenvalue weighted by atomic mass is 9.82. The van der Waals surface area contributed by atoms with Crippen LogP contribution < -0.4 is 10.6 Å². The van der Waals surface area contributed by atoms with E-state index in [1.165, 1.54) is 24.8 Å². The van der Waals surface area contributed by atoms with Gasteiger partial charge < -0.3 is 10.6 Å². The van der Waals surface area contributed by atoms with Crippen LogP contribution in [0.25, 0.3) is 0 Å². The minimum atomic E-state index is 0. The molecule has 0 spiro atoms. The van der Waals surface area contributed by atoms with Crippen LogP contribution >= 0.6 is 12.4 Å². The third-order valence-corrected chi connectivity index (χ3v) is 5.07. The van der Waals surface area contributed by atoms with Gasteiger partial charge in [0.2, 0.25) is 5.91 Å². The number of nitrogens with two attached hydrogens (primary N) is 1. The molecule has 2 atom stereocenters. The predicted octanol–water partition coefficient (Wildman–Crippen LogP) is 3.69. The molecule has 1 fully saturated rings. The van der Waals surface area contributed by atoms with Gasteiger partial charge >= 0.3 is 0 Å². The molecule has 1 aromatic carbocycles. The first-order chi connectivity index (χ1) is 10.3. The van der Waals surface area contributed by atoms with Crippen LogP contribution in [0, 0.1) is 5.92 Å². The Morgan fingerprint density at radius 2 is 1.91 bits per heavy atom. The highest BCUT2D eigenvalue weighted by Gasteiger charge is 2.28. The third-order valence-electron chi connectivity index (χ3n) is 5.07. The number of para-hydroxylation sites is 1. The second kappa shape index (κ2) is 7.98. The van der Waals surface area contributed by atoms with Crippen LogP contribution in [0.4, 0.5) is 5.69 Å². The average Bonchev–Trinajstić information content (AvgIpc) is 2.72. The Bertz CT molecular complexity index is 506. The predicted molar refractivity (Wildman–Crippen MR) is 93.5 cm³/mol. The molecule has 1 aliphatic carbocycles. The van der Waals surface area contributed by atoms with Crippen molar-refractivity contribution < 1.29 is 4.79 Å². The van der Waals surface area contributed by atoms with Crippen molar-refractivity contribution in [3.8, 4) is 0 Å². The molecular formula is C18H27ClN2O. The minimum Gasteiger partial charge on any atom is -0.327 e. The lowest BCUT2D eigenvalue weighted by Gasteiger charge is -2.31. The maximum atomic E-state index is 12.8. The smallest absolute Gasteiger partial charge is 0.227 e. The van der Waals surface area contributed by atoms with Crippen molar-refractivity contribution in [1.29, 1.82) is 0 Å². The Labute approximate surface area is 139 Å². The number of halogens is 1. The Morgan fingerprint density at radius 3 is 2.73 bits per heavy atom. The number of hydrogen-bond acceptors (Lipinski definition) is 2. The second-order valence-electron chi connectivity index (χ2n) is 6.54. The minimum absolute atomic E-state index is 0. The molecule has 3 rings (SSSR count). The van der Waals surface area contributed by atoms with E-state index in [4.69, 9.17) is 5.73 Å². The lowest BCUT2D eigenvalue weighted by molar-refractivity contribution is -0.119. The van der Waals surface area contributed by atoms with Crippen molar-refractivity contribution in [2.24, 2.45) is 11.7 Å². The second-order valence-corrected chi connectivity index (χ2v) is 6.54. The fourth-order valence-electron chi connectivity index (χ4n) is 3.77. The molecule has 0 radical (unpaired) electrons. The first-order valence-corrected chi connectivity index (χ1v) is 8.39. The van der Waals surface area contributed by atoms with E-state index in [-0.39, 0.29) is 24.4 Å². The first kappa shape index (κ1) is 17.3. The van der Waals surface area contributed by atoms with Crippen LogP contribution in [0.2, 0.25) is 0 Å². The normalized spacial score (nSPS) is 24.9. The van der Waals surface area contributed by atoms with Gasteiger partial charge in [-0.25, -0.2) is 0 Å². The van der Waals surface area contributed by atoms with E-state index in [2.05, 4.69) is 18.2 Å². The molecule has 3 nitrogen and oxygen atoms in total. The molecule has 2 unspecified atom stereocenters. The first-order valence-electron chi connectivity index (χ1n) is 8.39. The third kappa shape index (κ3) is 3.82. The van der Waals surface area contributed by atoms with Crippen LogP contribution in [0.15, 0.2) is 24.3 Å². The molecular weight excluding hydrogens is 296 g/mol. The number of amides is 1. The van der Waals surface area contributed by atoms with E-state index in [0.717, 1.165) is 37.9 Å². The number of rotatable bonds is 2.